The van der Waals surface area contributed by atoms with Gasteiger partial charge in [0.1, 0.15) is 5.57 Å². The Kier molecular flexibility index (Phi) is 7.95. The molecule has 2 aromatic rings. The van der Waals surface area contributed by atoms with Gasteiger partial charge in [-0.3, -0.25) is 14.9 Å². The normalized spacial score (nSPS) is 14.8. The largest absolute Gasteiger partial charge is 0.493 e. The van der Waals surface area contributed by atoms with Crippen LogP contribution >= 0.6 is 27.5 Å². The number of imide groups is 2. The summed E-state index contributed by atoms with van der Waals surface area (Å²) >= 11 is 9.51. The molecule has 1 aliphatic heterocycles. The zero-order valence-electron chi connectivity index (χ0n) is 18.4. The topological polar surface area (TPSA) is 111 Å². The SMILES string of the molecule is CCOC(=O)COc1cc(Br)c(/C=C2/C(=O)NC(=O)N(c3ccc(C)c(Cl)c3)C2=O)cc1OC. The Morgan fingerprint density at radius 3 is 2.56 bits per heavy atom. The zero-order chi connectivity index (χ0) is 25.0. The minimum absolute atomic E-state index is 0.218. The fraction of sp³-hybridized carbons (Fsp3) is 0.217. The van der Waals surface area contributed by atoms with Crippen LogP contribution in [-0.2, 0) is 19.1 Å². The molecule has 4 amide bonds. The van der Waals surface area contributed by atoms with Crippen LogP contribution in [0.25, 0.3) is 6.08 Å². The van der Waals surface area contributed by atoms with Crippen molar-refractivity contribution in [3.63, 3.8) is 0 Å². The van der Waals surface area contributed by atoms with Gasteiger partial charge in [-0.05, 0) is 55.3 Å². The highest BCUT2D eigenvalue weighted by Gasteiger charge is 2.37. The molecule has 0 aliphatic carbocycles. The van der Waals surface area contributed by atoms with E-state index in [4.69, 9.17) is 25.8 Å². The van der Waals surface area contributed by atoms with Crippen molar-refractivity contribution in [3.05, 3.63) is 56.5 Å². The van der Waals surface area contributed by atoms with Crippen molar-refractivity contribution in [1.82, 2.24) is 5.32 Å². The summed E-state index contributed by atoms with van der Waals surface area (Å²) in [5.74, 6) is -1.71. The molecule has 11 heteroatoms. The Labute approximate surface area is 208 Å². The molecule has 0 atom stereocenters. The number of ether oxygens (including phenoxy) is 3. The van der Waals surface area contributed by atoms with E-state index >= 15 is 0 Å². The van der Waals surface area contributed by atoms with Crippen molar-refractivity contribution < 1.29 is 33.4 Å². The van der Waals surface area contributed by atoms with Crippen molar-refractivity contribution in [2.45, 2.75) is 13.8 Å². The van der Waals surface area contributed by atoms with Gasteiger partial charge >= 0.3 is 12.0 Å². The highest BCUT2D eigenvalue weighted by molar-refractivity contribution is 9.10. The summed E-state index contributed by atoms with van der Waals surface area (Å²) in [7, 11) is 1.40. The Morgan fingerprint density at radius 2 is 1.91 bits per heavy atom. The van der Waals surface area contributed by atoms with Crippen molar-refractivity contribution in [2.75, 3.05) is 25.2 Å². The summed E-state index contributed by atoms with van der Waals surface area (Å²) in [6, 6.07) is 6.84. The summed E-state index contributed by atoms with van der Waals surface area (Å²) in [6.07, 6.45) is 1.31. The van der Waals surface area contributed by atoms with E-state index in [1.807, 2.05) is 0 Å². The first-order valence-corrected chi connectivity index (χ1v) is 11.2. The second kappa shape index (κ2) is 10.7. The molecular formula is C23H20BrClN2O7. The van der Waals surface area contributed by atoms with Crippen molar-refractivity contribution in [1.29, 1.82) is 0 Å². The second-order valence-electron chi connectivity index (χ2n) is 7.01. The highest BCUT2D eigenvalue weighted by atomic mass is 79.9. The Balaban J connectivity index is 1.96. The molecule has 1 saturated heterocycles. The van der Waals surface area contributed by atoms with E-state index in [0.29, 0.717) is 15.1 Å². The first-order chi connectivity index (χ1) is 16.2. The first kappa shape index (κ1) is 25.3. The van der Waals surface area contributed by atoms with Gasteiger partial charge in [-0.1, -0.05) is 33.6 Å². The molecular weight excluding hydrogens is 532 g/mol. The number of methoxy groups -OCH3 is 1. The van der Waals surface area contributed by atoms with Gasteiger partial charge in [0.15, 0.2) is 18.1 Å². The number of nitrogens with one attached hydrogen (secondary N) is 1. The van der Waals surface area contributed by atoms with E-state index in [0.717, 1.165) is 10.5 Å². The van der Waals surface area contributed by atoms with Crippen LogP contribution in [0.3, 0.4) is 0 Å². The van der Waals surface area contributed by atoms with Crippen LogP contribution in [0, 0.1) is 6.92 Å². The maximum Gasteiger partial charge on any atom is 0.344 e. The van der Waals surface area contributed by atoms with Crippen LogP contribution in [0.4, 0.5) is 10.5 Å². The lowest BCUT2D eigenvalue weighted by Gasteiger charge is -2.26. The number of anilines is 1. The lowest BCUT2D eigenvalue weighted by molar-refractivity contribution is -0.145. The molecule has 0 saturated carbocycles. The lowest BCUT2D eigenvalue weighted by atomic mass is 10.1. The summed E-state index contributed by atoms with van der Waals surface area (Å²) in [6.45, 7) is 3.36. The number of halogens is 2. The van der Waals surface area contributed by atoms with Crippen molar-refractivity contribution >= 4 is 63.1 Å². The number of hydrogen-bond donors (Lipinski definition) is 1. The van der Waals surface area contributed by atoms with Crippen molar-refractivity contribution in [3.8, 4) is 11.5 Å². The number of carbonyl (C=O) groups is 4. The molecule has 0 bridgehead atoms. The molecule has 0 unspecified atom stereocenters. The molecule has 0 radical (unpaired) electrons. The average molecular weight is 552 g/mol. The fourth-order valence-electron chi connectivity index (χ4n) is 3.04. The van der Waals surface area contributed by atoms with Crippen LogP contribution in [-0.4, -0.2) is 44.1 Å². The van der Waals surface area contributed by atoms with Gasteiger partial charge < -0.3 is 14.2 Å². The quantitative estimate of drug-likeness (QED) is 0.314. The summed E-state index contributed by atoms with van der Waals surface area (Å²) < 4.78 is 16.1. The molecule has 1 heterocycles. The van der Waals surface area contributed by atoms with Gasteiger partial charge in [0, 0.05) is 9.50 Å². The number of carbonyl (C=O) groups excluding carboxylic acids is 4. The van der Waals surface area contributed by atoms with Crippen LogP contribution in [0.2, 0.25) is 5.02 Å². The zero-order valence-corrected chi connectivity index (χ0v) is 20.8. The van der Waals surface area contributed by atoms with E-state index in [2.05, 4.69) is 21.2 Å². The van der Waals surface area contributed by atoms with Gasteiger partial charge in [0.2, 0.25) is 0 Å². The molecule has 34 heavy (non-hydrogen) atoms. The molecule has 3 rings (SSSR count). The standard InChI is InChI=1S/C23H20BrClN2O7/c1-4-33-20(28)11-34-19-10-16(24)13(8-18(19)32-3)7-15-21(29)26-23(31)27(22(15)30)14-6-5-12(2)17(25)9-14/h5-10H,4,11H2,1-3H3,(H,26,29,31)/b15-7-. The first-order valence-electron chi connectivity index (χ1n) is 9.99. The van der Waals surface area contributed by atoms with Crippen LogP contribution in [0.5, 0.6) is 11.5 Å². The predicted molar refractivity (Wildman–Crippen MR) is 128 cm³/mol. The monoisotopic (exact) mass is 550 g/mol. The number of barbiturate groups is 1. The van der Waals surface area contributed by atoms with E-state index in [1.54, 1.807) is 26.0 Å². The number of rotatable bonds is 7. The molecule has 1 aliphatic rings. The van der Waals surface area contributed by atoms with Gasteiger partial charge in [-0.15, -0.1) is 0 Å². The second-order valence-corrected chi connectivity index (χ2v) is 8.27. The average Bonchev–Trinajstić information content (AvgIpc) is 2.78. The molecule has 178 valence electrons. The minimum Gasteiger partial charge on any atom is -0.493 e. The van der Waals surface area contributed by atoms with E-state index in [9.17, 15) is 19.2 Å². The molecule has 1 N–H and O–H groups in total. The van der Waals surface area contributed by atoms with E-state index in [-0.39, 0.29) is 36.0 Å². The molecule has 0 spiro atoms. The third kappa shape index (κ3) is 5.40. The summed E-state index contributed by atoms with van der Waals surface area (Å²) in [4.78, 5) is 50.5. The Hall–Kier alpha value is -3.37. The third-order valence-electron chi connectivity index (χ3n) is 4.75. The van der Waals surface area contributed by atoms with Gasteiger partial charge in [0.05, 0.1) is 19.4 Å². The fourth-order valence-corrected chi connectivity index (χ4v) is 3.65. The highest BCUT2D eigenvalue weighted by Crippen LogP contribution is 2.35. The van der Waals surface area contributed by atoms with Gasteiger partial charge in [-0.2, -0.15) is 0 Å². The number of esters is 1. The Morgan fingerprint density at radius 1 is 1.18 bits per heavy atom. The predicted octanol–water partition coefficient (Wildman–Crippen LogP) is 4.03. The number of amides is 4. The minimum atomic E-state index is -0.883. The van der Waals surface area contributed by atoms with Crippen LogP contribution in [0.1, 0.15) is 18.1 Å². The number of nitrogens with zero attached hydrogens (tertiary/aromatic N) is 1. The molecule has 2 aromatic carbocycles. The lowest BCUT2D eigenvalue weighted by Crippen LogP contribution is -2.54. The smallest absolute Gasteiger partial charge is 0.344 e. The van der Waals surface area contributed by atoms with Crippen LogP contribution in [0.15, 0.2) is 40.4 Å². The number of benzene rings is 2. The van der Waals surface area contributed by atoms with Gasteiger partial charge in [0.25, 0.3) is 11.8 Å². The van der Waals surface area contributed by atoms with Gasteiger partial charge in [-0.25, -0.2) is 14.5 Å². The van der Waals surface area contributed by atoms with Crippen LogP contribution < -0.4 is 19.7 Å². The number of hydrogen-bond acceptors (Lipinski definition) is 7. The number of urea groups is 1. The van der Waals surface area contributed by atoms with Crippen molar-refractivity contribution in [2.24, 2.45) is 0 Å². The molecule has 9 nitrogen and oxygen atoms in total. The maximum absolute atomic E-state index is 13.1. The summed E-state index contributed by atoms with van der Waals surface area (Å²) in [5.41, 5.74) is 1.11. The molecule has 1 fully saturated rings. The molecule has 0 aromatic heterocycles. The Bertz CT molecular complexity index is 1210. The third-order valence-corrected chi connectivity index (χ3v) is 5.84. The van der Waals surface area contributed by atoms with E-state index < -0.39 is 23.8 Å². The summed E-state index contributed by atoms with van der Waals surface area (Å²) in [5, 5.41) is 2.53. The number of aryl methyl sites for hydroxylation is 1. The van der Waals surface area contributed by atoms with E-state index in [1.165, 1.54) is 31.4 Å². The maximum atomic E-state index is 13.1.